The molecule has 0 bridgehead atoms. The van der Waals surface area contributed by atoms with Crippen molar-refractivity contribution in [1.29, 1.82) is 0 Å². The Bertz CT molecular complexity index is 308. The minimum Gasteiger partial charge on any atom is -0.323 e. The summed E-state index contributed by atoms with van der Waals surface area (Å²) < 4.78 is 0. The average molecular weight is 211 g/mol. The van der Waals surface area contributed by atoms with Crippen LogP contribution in [0, 0.1) is 0 Å². The molecule has 1 fully saturated rings. The predicted molar refractivity (Wildman–Crippen MR) is 59.6 cm³/mol. The number of aromatic nitrogens is 1. The van der Waals surface area contributed by atoms with Gasteiger partial charge in [-0.25, -0.2) is 4.98 Å². The molecule has 2 unspecified atom stereocenters. The Morgan fingerprint density at radius 3 is 3.00 bits per heavy atom. The van der Waals surface area contributed by atoms with Crippen LogP contribution in [0.25, 0.3) is 0 Å². The monoisotopic (exact) mass is 211 g/mol. The molecule has 1 saturated heterocycles. The maximum absolute atomic E-state index is 5.81. The quantitative estimate of drug-likeness (QED) is 0.807. The molecule has 1 aliphatic rings. The van der Waals surface area contributed by atoms with E-state index in [0.717, 1.165) is 6.54 Å². The number of rotatable bonds is 2. The van der Waals surface area contributed by atoms with Gasteiger partial charge in [-0.15, -0.1) is 11.3 Å². The van der Waals surface area contributed by atoms with E-state index >= 15 is 0 Å². The molecule has 78 valence electrons. The van der Waals surface area contributed by atoms with Crippen LogP contribution < -0.4 is 5.73 Å². The molecule has 0 aliphatic carbocycles. The van der Waals surface area contributed by atoms with Gasteiger partial charge in [0, 0.05) is 29.6 Å². The zero-order chi connectivity index (χ0) is 10.1. The maximum atomic E-state index is 5.81. The number of nitrogens with zero attached hydrogens (tertiary/aromatic N) is 2. The van der Waals surface area contributed by atoms with Gasteiger partial charge in [-0.1, -0.05) is 0 Å². The van der Waals surface area contributed by atoms with Crippen molar-refractivity contribution >= 4 is 11.3 Å². The number of likely N-dealkylation sites (N-methyl/N-ethyl adjacent to an activating group) is 1. The second kappa shape index (κ2) is 3.96. The summed E-state index contributed by atoms with van der Waals surface area (Å²) in [6, 6.07) is 0.125. The zero-order valence-corrected chi connectivity index (χ0v) is 9.55. The fraction of sp³-hybridized carbons (Fsp3) is 0.700. The molecule has 14 heavy (non-hydrogen) atoms. The molecule has 0 amide bonds. The van der Waals surface area contributed by atoms with Gasteiger partial charge >= 0.3 is 0 Å². The summed E-state index contributed by atoms with van der Waals surface area (Å²) in [6.45, 7) is 4.35. The van der Waals surface area contributed by atoms with Crippen molar-refractivity contribution in [3.63, 3.8) is 0 Å². The van der Waals surface area contributed by atoms with Crippen LogP contribution in [0.5, 0.6) is 0 Å². The van der Waals surface area contributed by atoms with Crippen molar-refractivity contribution in [2.24, 2.45) is 5.73 Å². The van der Waals surface area contributed by atoms with Crippen LogP contribution in [-0.2, 0) is 0 Å². The summed E-state index contributed by atoms with van der Waals surface area (Å²) >= 11 is 1.78. The summed E-state index contributed by atoms with van der Waals surface area (Å²) in [6.07, 6.45) is 3.17. The second-order valence-corrected chi connectivity index (χ2v) is 5.23. The third kappa shape index (κ3) is 1.97. The van der Waals surface area contributed by atoms with Crippen molar-refractivity contribution in [1.82, 2.24) is 9.88 Å². The maximum Gasteiger partial charge on any atom is 0.0972 e. The van der Waals surface area contributed by atoms with Gasteiger partial charge in [-0.05, 0) is 26.9 Å². The molecule has 2 N–H and O–H groups in total. The highest BCUT2D eigenvalue weighted by molar-refractivity contribution is 7.11. The lowest BCUT2D eigenvalue weighted by Gasteiger charge is -2.06. The highest BCUT2D eigenvalue weighted by Gasteiger charge is 2.23. The number of nitrogens with two attached hydrogens (primary N) is 1. The lowest BCUT2D eigenvalue weighted by molar-refractivity contribution is 0.411. The van der Waals surface area contributed by atoms with E-state index in [1.165, 1.54) is 22.9 Å². The molecule has 4 heteroatoms. The first kappa shape index (κ1) is 10.1. The van der Waals surface area contributed by atoms with Crippen molar-refractivity contribution in [2.45, 2.75) is 25.3 Å². The van der Waals surface area contributed by atoms with E-state index in [1.807, 2.05) is 13.1 Å². The zero-order valence-electron chi connectivity index (χ0n) is 8.73. The van der Waals surface area contributed by atoms with Gasteiger partial charge in [0.1, 0.15) is 0 Å². The van der Waals surface area contributed by atoms with Gasteiger partial charge in [-0.3, -0.25) is 0 Å². The molecule has 2 heterocycles. The molecule has 1 aromatic rings. The largest absolute Gasteiger partial charge is 0.323 e. The molecule has 0 spiro atoms. The molecule has 3 nitrogen and oxygen atoms in total. The molecule has 0 aromatic carbocycles. The van der Waals surface area contributed by atoms with Gasteiger partial charge in [0.2, 0.25) is 0 Å². The van der Waals surface area contributed by atoms with Gasteiger partial charge in [0.05, 0.1) is 5.01 Å². The smallest absolute Gasteiger partial charge is 0.0972 e. The normalized spacial score (nSPS) is 25.5. The molecule has 2 atom stereocenters. The molecule has 1 aliphatic heterocycles. The Kier molecular flexibility index (Phi) is 2.85. The van der Waals surface area contributed by atoms with Crippen LogP contribution in [0.4, 0.5) is 0 Å². The standard InChI is InChI=1S/C10H17N3S/c1-7(11)9-5-12-10(14-9)8-3-4-13(2)6-8/h5,7-8H,3-4,6,11H2,1-2H3. The summed E-state index contributed by atoms with van der Waals surface area (Å²) in [7, 11) is 2.17. The highest BCUT2D eigenvalue weighted by atomic mass is 32.1. The average Bonchev–Trinajstić information content (AvgIpc) is 2.70. The van der Waals surface area contributed by atoms with Gasteiger partial charge in [0.15, 0.2) is 0 Å². The van der Waals surface area contributed by atoms with Gasteiger partial charge in [-0.2, -0.15) is 0 Å². The summed E-state index contributed by atoms with van der Waals surface area (Å²) in [5.74, 6) is 0.637. The lowest BCUT2D eigenvalue weighted by Crippen LogP contribution is -2.13. The topological polar surface area (TPSA) is 42.1 Å². The van der Waals surface area contributed by atoms with Crippen LogP contribution in [0.3, 0.4) is 0 Å². The Labute approximate surface area is 88.9 Å². The first-order valence-electron chi connectivity index (χ1n) is 5.06. The van der Waals surface area contributed by atoms with Crippen molar-refractivity contribution < 1.29 is 0 Å². The molecule has 0 radical (unpaired) electrons. The van der Waals surface area contributed by atoms with Crippen LogP contribution in [0.15, 0.2) is 6.20 Å². The Morgan fingerprint density at radius 1 is 1.71 bits per heavy atom. The van der Waals surface area contributed by atoms with Crippen LogP contribution in [0.1, 0.15) is 35.2 Å². The van der Waals surface area contributed by atoms with Crippen LogP contribution in [-0.4, -0.2) is 30.0 Å². The highest BCUT2D eigenvalue weighted by Crippen LogP contribution is 2.30. The molecular formula is C10H17N3S. The molecule has 2 rings (SSSR count). The minimum absolute atomic E-state index is 0.125. The van der Waals surface area contributed by atoms with Crippen LogP contribution in [0.2, 0.25) is 0 Å². The Morgan fingerprint density at radius 2 is 2.50 bits per heavy atom. The predicted octanol–water partition coefficient (Wildman–Crippen LogP) is 1.58. The first-order chi connectivity index (χ1) is 6.66. The lowest BCUT2D eigenvalue weighted by atomic mass is 10.1. The number of hydrogen-bond acceptors (Lipinski definition) is 4. The summed E-state index contributed by atoms with van der Waals surface area (Å²) in [5.41, 5.74) is 5.81. The third-order valence-corrected chi connectivity index (χ3v) is 4.09. The van der Waals surface area contributed by atoms with E-state index in [2.05, 4.69) is 16.9 Å². The molecule has 0 saturated carbocycles. The Balaban J connectivity index is 2.09. The minimum atomic E-state index is 0.125. The summed E-state index contributed by atoms with van der Waals surface area (Å²) in [5, 5.41) is 1.27. The molecular weight excluding hydrogens is 194 g/mol. The number of hydrogen-bond donors (Lipinski definition) is 1. The molecule has 1 aromatic heterocycles. The van der Waals surface area contributed by atoms with Gasteiger partial charge < -0.3 is 10.6 Å². The van der Waals surface area contributed by atoms with Crippen molar-refractivity contribution in [3.8, 4) is 0 Å². The van der Waals surface area contributed by atoms with E-state index in [9.17, 15) is 0 Å². The number of likely N-dealkylation sites (tertiary alicyclic amines) is 1. The Hall–Kier alpha value is -0.450. The van der Waals surface area contributed by atoms with Gasteiger partial charge in [0.25, 0.3) is 0 Å². The van der Waals surface area contributed by atoms with Crippen molar-refractivity contribution in [3.05, 3.63) is 16.1 Å². The van der Waals surface area contributed by atoms with E-state index in [-0.39, 0.29) is 6.04 Å². The van der Waals surface area contributed by atoms with E-state index < -0.39 is 0 Å². The first-order valence-corrected chi connectivity index (χ1v) is 5.88. The number of thiazole rings is 1. The fourth-order valence-electron chi connectivity index (χ4n) is 1.84. The SMILES string of the molecule is CC(N)c1cnc(C2CCN(C)C2)s1. The second-order valence-electron chi connectivity index (χ2n) is 4.14. The van der Waals surface area contributed by atoms with E-state index in [4.69, 9.17) is 5.73 Å². The third-order valence-electron chi connectivity index (χ3n) is 2.73. The van der Waals surface area contributed by atoms with E-state index in [0.29, 0.717) is 5.92 Å². The van der Waals surface area contributed by atoms with Crippen molar-refractivity contribution in [2.75, 3.05) is 20.1 Å². The fourth-order valence-corrected chi connectivity index (χ4v) is 2.83. The van der Waals surface area contributed by atoms with Crippen LogP contribution >= 0.6 is 11.3 Å². The van der Waals surface area contributed by atoms with E-state index in [1.54, 1.807) is 11.3 Å². The summed E-state index contributed by atoms with van der Waals surface area (Å²) in [4.78, 5) is 8.03.